The average Bonchev–Trinajstić information content (AvgIpc) is 2.55. The molecule has 2 aromatic rings. The minimum Gasteiger partial charge on any atom is -0.473 e. The molecule has 0 radical (unpaired) electrons. The predicted molar refractivity (Wildman–Crippen MR) is 84.9 cm³/mol. The number of carbonyl (C=O) groups excluding carboxylic acids is 1. The van der Waals surface area contributed by atoms with E-state index in [1.165, 1.54) is 18.2 Å². The van der Waals surface area contributed by atoms with E-state index < -0.39 is 17.8 Å². The number of carbonyl (C=O) groups is 1. The van der Waals surface area contributed by atoms with Crippen molar-refractivity contribution >= 4 is 11.7 Å². The summed E-state index contributed by atoms with van der Waals surface area (Å²) in [6.45, 7) is 1.81. The fourth-order valence-corrected chi connectivity index (χ4v) is 2.12. The van der Waals surface area contributed by atoms with E-state index in [4.69, 9.17) is 4.74 Å². The summed E-state index contributed by atoms with van der Waals surface area (Å²) < 4.78 is 44.0. The lowest BCUT2D eigenvalue weighted by atomic mass is 10.1. The Morgan fingerprint density at radius 3 is 2.46 bits per heavy atom. The number of nitrogens with one attached hydrogen (secondary N) is 2. The normalized spacial score (nSPS) is 11.0. The highest BCUT2D eigenvalue weighted by atomic mass is 19.4. The molecule has 4 nitrogen and oxygen atoms in total. The first-order valence-electron chi connectivity index (χ1n) is 7.33. The number of urea groups is 1. The number of amides is 2. The van der Waals surface area contributed by atoms with Crippen LogP contribution in [0.25, 0.3) is 0 Å². The molecule has 0 saturated heterocycles. The lowest BCUT2D eigenvalue weighted by Crippen LogP contribution is -2.32. The Morgan fingerprint density at radius 1 is 1.08 bits per heavy atom. The Bertz CT molecular complexity index is 702. The van der Waals surface area contributed by atoms with Gasteiger partial charge in [-0.05, 0) is 30.2 Å². The molecule has 2 N–H and O–H groups in total. The van der Waals surface area contributed by atoms with Crippen molar-refractivity contribution in [3.8, 4) is 5.75 Å². The molecular weight excluding hydrogens is 321 g/mol. The minimum absolute atomic E-state index is 0.156. The van der Waals surface area contributed by atoms with E-state index in [0.29, 0.717) is 5.75 Å². The zero-order valence-corrected chi connectivity index (χ0v) is 13.0. The molecular formula is C17H17F3N2O2. The zero-order chi connectivity index (χ0) is 17.6. The summed E-state index contributed by atoms with van der Waals surface area (Å²) in [5, 5.41) is 4.55. The van der Waals surface area contributed by atoms with Crippen LogP contribution >= 0.6 is 0 Å². The monoisotopic (exact) mass is 338 g/mol. The highest BCUT2D eigenvalue weighted by Crippen LogP contribution is 2.34. The summed E-state index contributed by atoms with van der Waals surface area (Å²) in [4.78, 5) is 11.8. The molecule has 0 fully saturated rings. The van der Waals surface area contributed by atoms with Gasteiger partial charge in [0.1, 0.15) is 5.75 Å². The lowest BCUT2D eigenvalue weighted by molar-refractivity contribution is -0.136. The predicted octanol–water partition coefficient (Wildman–Crippen LogP) is 4.43. The molecule has 0 atom stereocenters. The van der Waals surface area contributed by atoms with Gasteiger partial charge in [0.15, 0.2) is 6.73 Å². The summed E-state index contributed by atoms with van der Waals surface area (Å²) in [5.74, 6) is 0.621. The van der Waals surface area contributed by atoms with Crippen LogP contribution in [-0.4, -0.2) is 12.8 Å². The third-order valence-electron chi connectivity index (χ3n) is 3.29. The Kier molecular flexibility index (Phi) is 5.68. The second-order valence-electron chi connectivity index (χ2n) is 4.92. The van der Waals surface area contributed by atoms with Crippen molar-refractivity contribution in [2.24, 2.45) is 0 Å². The van der Waals surface area contributed by atoms with Crippen molar-refractivity contribution in [1.82, 2.24) is 5.32 Å². The van der Waals surface area contributed by atoms with Crippen LogP contribution in [0.1, 0.15) is 18.1 Å². The Labute approximate surface area is 137 Å². The van der Waals surface area contributed by atoms with Crippen LogP contribution in [0.3, 0.4) is 0 Å². The molecule has 0 heterocycles. The Balaban J connectivity index is 1.93. The van der Waals surface area contributed by atoms with Crippen molar-refractivity contribution < 1.29 is 22.7 Å². The third-order valence-corrected chi connectivity index (χ3v) is 3.29. The maximum atomic E-state index is 12.9. The minimum atomic E-state index is -4.54. The van der Waals surface area contributed by atoms with Crippen LogP contribution in [-0.2, 0) is 12.6 Å². The summed E-state index contributed by atoms with van der Waals surface area (Å²) in [7, 11) is 0. The molecule has 0 bridgehead atoms. The summed E-state index contributed by atoms with van der Waals surface area (Å²) in [5.41, 5.74) is -0.240. The van der Waals surface area contributed by atoms with Gasteiger partial charge >= 0.3 is 12.2 Å². The molecule has 2 rings (SSSR count). The molecule has 2 amide bonds. The van der Waals surface area contributed by atoms with Crippen LogP contribution in [0.5, 0.6) is 5.75 Å². The number of rotatable bonds is 5. The lowest BCUT2D eigenvalue weighted by Gasteiger charge is -2.15. The average molecular weight is 338 g/mol. The summed E-state index contributed by atoms with van der Waals surface area (Å²) in [6, 6.07) is 11.3. The fraction of sp³-hybridized carbons (Fsp3) is 0.235. The standard InChI is InChI=1S/C17H17F3N2O2/c1-2-12-7-3-6-10-15(12)24-11-21-16(23)22-14-9-5-4-8-13(14)17(18,19)20/h3-10H,2,11H2,1H3,(H2,21,22,23). The molecule has 0 aliphatic heterocycles. The van der Waals surface area contributed by atoms with E-state index in [2.05, 4.69) is 10.6 Å². The Morgan fingerprint density at radius 2 is 1.75 bits per heavy atom. The second kappa shape index (κ2) is 7.72. The van der Waals surface area contributed by atoms with Crippen LogP contribution in [0.2, 0.25) is 0 Å². The van der Waals surface area contributed by atoms with Crippen LogP contribution in [0.15, 0.2) is 48.5 Å². The van der Waals surface area contributed by atoms with E-state index in [1.807, 2.05) is 19.1 Å². The topological polar surface area (TPSA) is 50.4 Å². The van der Waals surface area contributed by atoms with Crippen LogP contribution in [0, 0.1) is 0 Å². The van der Waals surface area contributed by atoms with E-state index >= 15 is 0 Å². The summed E-state index contributed by atoms with van der Waals surface area (Å²) >= 11 is 0. The summed E-state index contributed by atoms with van der Waals surface area (Å²) in [6.07, 6.45) is -3.78. The molecule has 24 heavy (non-hydrogen) atoms. The number of ether oxygens (including phenoxy) is 1. The van der Waals surface area contributed by atoms with Crippen LogP contribution in [0.4, 0.5) is 23.7 Å². The van der Waals surface area contributed by atoms with Gasteiger partial charge in [0, 0.05) is 0 Å². The van der Waals surface area contributed by atoms with Crippen LogP contribution < -0.4 is 15.4 Å². The fourth-order valence-electron chi connectivity index (χ4n) is 2.12. The highest BCUT2D eigenvalue weighted by Gasteiger charge is 2.33. The SMILES string of the molecule is CCc1ccccc1OCNC(=O)Nc1ccccc1C(F)(F)F. The molecule has 7 heteroatoms. The molecule has 0 aliphatic carbocycles. The smallest absolute Gasteiger partial charge is 0.418 e. The van der Waals surface area contributed by atoms with Crippen molar-refractivity contribution in [3.05, 3.63) is 59.7 Å². The number of hydrogen-bond acceptors (Lipinski definition) is 2. The van der Waals surface area contributed by atoms with Gasteiger partial charge in [-0.15, -0.1) is 0 Å². The van der Waals surface area contributed by atoms with E-state index in [9.17, 15) is 18.0 Å². The van der Waals surface area contributed by atoms with Gasteiger partial charge in [0.2, 0.25) is 0 Å². The molecule has 0 spiro atoms. The highest BCUT2D eigenvalue weighted by molar-refractivity contribution is 5.90. The van der Waals surface area contributed by atoms with Gasteiger partial charge in [-0.3, -0.25) is 0 Å². The van der Waals surface area contributed by atoms with E-state index in [-0.39, 0.29) is 12.4 Å². The van der Waals surface area contributed by atoms with Gasteiger partial charge in [-0.2, -0.15) is 13.2 Å². The molecule has 0 aliphatic rings. The number of halogens is 3. The van der Waals surface area contributed by atoms with Gasteiger partial charge in [-0.25, -0.2) is 4.79 Å². The number of benzene rings is 2. The maximum absolute atomic E-state index is 12.9. The van der Waals surface area contributed by atoms with Gasteiger partial charge in [0.05, 0.1) is 11.3 Å². The van der Waals surface area contributed by atoms with Gasteiger partial charge < -0.3 is 15.4 Å². The molecule has 0 unspecified atom stereocenters. The molecule has 128 valence electrons. The largest absolute Gasteiger partial charge is 0.473 e. The Hall–Kier alpha value is -2.70. The molecule has 0 aromatic heterocycles. The van der Waals surface area contributed by atoms with Crippen molar-refractivity contribution in [3.63, 3.8) is 0 Å². The van der Waals surface area contributed by atoms with E-state index in [1.54, 1.807) is 12.1 Å². The first-order chi connectivity index (χ1) is 11.4. The van der Waals surface area contributed by atoms with E-state index in [0.717, 1.165) is 18.1 Å². The third kappa shape index (κ3) is 4.65. The number of para-hydroxylation sites is 2. The maximum Gasteiger partial charge on any atom is 0.418 e. The number of alkyl halides is 3. The van der Waals surface area contributed by atoms with Gasteiger partial charge in [-0.1, -0.05) is 37.3 Å². The number of anilines is 1. The van der Waals surface area contributed by atoms with Crippen molar-refractivity contribution in [2.75, 3.05) is 12.0 Å². The van der Waals surface area contributed by atoms with Crippen molar-refractivity contribution in [1.29, 1.82) is 0 Å². The quantitative estimate of drug-likeness (QED) is 0.793. The number of hydrogen-bond donors (Lipinski definition) is 2. The zero-order valence-electron chi connectivity index (χ0n) is 13.0. The van der Waals surface area contributed by atoms with Crippen molar-refractivity contribution in [2.45, 2.75) is 19.5 Å². The second-order valence-corrected chi connectivity index (χ2v) is 4.92. The first kappa shape index (κ1) is 17.7. The van der Waals surface area contributed by atoms with Gasteiger partial charge in [0.25, 0.3) is 0 Å². The first-order valence-corrected chi connectivity index (χ1v) is 7.33. The molecule has 2 aromatic carbocycles. The number of aryl methyl sites for hydroxylation is 1. The molecule has 0 saturated carbocycles.